The molecule has 0 atom stereocenters. The molecule has 0 saturated carbocycles. The van der Waals surface area contributed by atoms with Gasteiger partial charge in [0.15, 0.2) is 0 Å². The molecule has 0 radical (unpaired) electrons. The molecule has 0 spiro atoms. The smallest absolute Gasteiger partial charge is 0.219 e. The monoisotopic (exact) mass is 277 g/mol. The van der Waals surface area contributed by atoms with Crippen molar-refractivity contribution in [1.29, 1.82) is 0 Å². The van der Waals surface area contributed by atoms with E-state index in [4.69, 9.17) is 10.5 Å². The highest BCUT2D eigenvalue weighted by molar-refractivity contribution is 5.73. The molecule has 20 heavy (non-hydrogen) atoms. The molecular weight excluding hydrogens is 254 g/mol. The van der Waals surface area contributed by atoms with E-state index >= 15 is 0 Å². The van der Waals surface area contributed by atoms with Gasteiger partial charge in [-0.1, -0.05) is 12.1 Å². The van der Waals surface area contributed by atoms with Gasteiger partial charge < -0.3 is 15.4 Å². The molecule has 1 aromatic rings. The third kappa shape index (κ3) is 4.21. The van der Waals surface area contributed by atoms with Crippen LogP contribution in [0.15, 0.2) is 24.3 Å². The first kappa shape index (κ1) is 14.8. The first-order valence-corrected chi connectivity index (χ1v) is 7.08. The van der Waals surface area contributed by atoms with Gasteiger partial charge in [-0.25, -0.2) is 0 Å². The van der Waals surface area contributed by atoms with Gasteiger partial charge in [0.2, 0.25) is 5.91 Å². The Labute approximate surface area is 120 Å². The molecule has 0 unspecified atom stereocenters. The fraction of sp³-hybridized carbons (Fsp3) is 0.533. The standard InChI is InChI=1S/C15H23N3O2/c1-13(19)18-7-5-17(6-8-18)9-10-20-15-4-2-3-14(11-15)12-16/h2-4,11H,5-10,12,16H2,1H3. The maximum atomic E-state index is 11.2. The number of benzene rings is 1. The summed E-state index contributed by atoms with van der Waals surface area (Å²) in [7, 11) is 0. The first-order valence-electron chi connectivity index (χ1n) is 7.08. The van der Waals surface area contributed by atoms with Crippen molar-refractivity contribution in [2.24, 2.45) is 5.73 Å². The van der Waals surface area contributed by atoms with Crippen molar-refractivity contribution >= 4 is 5.91 Å². The van der Waals surface area contributed by atoms with Crippen LogP contribution in [-0.2, 0) is 11.3 Å². The van der Waals surface area contributed by atoms with Crippen molar-refractivity contribution < 1.29 is 9.53 Å². The molecule has 0 aliphatic carbocycles. The maximum Gasteiger partial charge on any atom is 0.219 e. The zero-order chi connectivity index (χ0) is 14.4. The Morgan fingerprint density at radius 2 is 2.05 bits per heavy atom. The highest BCUT2D eigenvalue weighted by atomic mass is 16.5. The van der Waals surface area contributed by atoms with Gasteiger partial charge in [0.05, 0.1) is 0 Å². The van der Waals surface area contributed by atoms with E-state index in [1.165, 1.54) is 0 Å². The van der Waals surface area contributed by atoms with Crippen molar-refractivity contribution in [2.75, 3.05) is 39.3 Å². The van der Waals surface area contributed by atoms with Crippen molar-refractivity contribution in [3.8, 4) is 5.75 Å². The molecule has 1 aliphatic heterocycles. The van der Waals surface area contributed by atoms with Crippen LogP contribution in [-0.4, -0.2) is 55.0 Å². The minimum absolute atomic E-state index is 0.166. The van der Waals surface area contributed by atoms with E-state index in [-0.39, 0.29) is 5.91 Å². The summed E-state index contributed by atoms with van der Waals surface area (Å²) in [6.45, 7) is 7.19. The number of carbonyl (C=O) groups is 1. The average molecular weight is 277 g/mol. The van der Waals surface area contributed by atoms with Crippen LogP contribution in [0.2, 0.25) is 0 Å². The van der Waals surface area contributed by atoms with Gasteiger partial charge in [0, 0.05) is 46.2 Å². The van der Waals surface area contributed by atoms with Gasteiger partial charge in [-0.05, 0) is 17.7 Å². The van der Waals surface area contributed by atoms with Crippen LogP contribution in [0.4, 0.5) is 0 Å². The predicted molar refractivity (Wildman–Crippen MR) is 78.5 cm³/mol. The second-order valence-corrected chi connectivity index (χ2v) is 5.05. The normalized spacial score (nSPS) is 16.2. The molecule has 1 saturated heterocycles. The highest BCUT2D eigenvalue weighted by Gasteiger charge is 2.17. The lowest BCUT2D eigenvalue weighted by Crippen LogP contribution is -2.48. The van der Waals surface area contributed by atoms with Crippen molar-refractivity contribution in [3.05, 3.63) is 29.8 Å². The Morgan fingerprint density at radius 1 is 1.30 bits per heavy atom. The van der Waals surface area contributed by atoms with Gasteiger partial charge >= 0.3 is 0 Å². The molecule has 1 aliphatic rings. The number of nitrogens with zero attached hydrogens (tertiary/aromatic N) is 2. The van der Waals surface area contributed by atoms with Crippen LogP contribution in [0.5, 0.6) is 5.75 Å². The number of amides is 1. The molecule has 5 heteroatoms. The fourth-order valence-corrected chi connectivity index (χ4v) is 2.34. The summed E-state index contributed by atoms with van der Waals surface area (Å²) in [5.41, 5.74) is 6.69. The van der Waals surface area contributed by atoms with E-state index in [0.717, 1.165) is 44.0 Å². The van der Waals surface area contributed by atoms with E-state index in [0.29, 0.717) is 13.2 Å². The van der Waals surface area contributed by atoms with Gasteiger partial charge in [-0.3, -0.25) is 9.69 Å². The summed E-state index contributed by atoms with van der Waals surface area (Å²) in [6, 6.07) is 7.89. The zero-order valence-corrected chi connectivity index (χ0v) is 12.0. The van der Waals surface area contributed by atoms with E-state index in [9.17, 15) is 4.79 Å². The minimum atomic E-state index is 0.166. The average Bonchev–Trinajstić information content (AvgIpc) is 2.48. The molecule has 1 fully saturated rings. The highest BCUT2D eigenvalue weighted by Crippen LogP contribution is 2.13. The summed E-state index contributed by atoms with van der Waals surface area (Å²) in [4.78, 5) is 15.5. The van der Waals surface area contributed by atoms with Crippen molar-refractivity contribution in [1.82, 2.24) is 9.80 Å². The number of rotatable bonds is 5. The van der Waals surface area contributed by atoms with Crippen LogP contribution in [0, 0.1) is 0 Å². The summed E-state index contributed by atoms with van der Waals surface area (Å²) in [5, 5.41) is 0. The largest absolute Gasteiger partial charge is 0.492 e. The number of hydrogen-bond donors (Lipinski definition) is 1. The van der Waals surface area contributed by atoms with Gasteiger partial charge in [-0.2, -0.15) is 0 Å². The van der Waals surface area contributed by atoms with Gasteiger partial charge in [-0.15, -0.1) is 0 Å². The SMILES string of the molecule is CC(=O)N1CCN(CCOc2cccc(CN)c2)CC1. The Morgan fingerprint density at radius 3 is 2.70 bits per heavy atom. The zero-order valence-electron chi connectivity index (χ0n) is 12.0. The first-order chi connectivity index (χ1) is 9.69. The second-order valence-electron chi connectivity index (χ2n) is 5.05. The van der Waals surface area contributed by atoms with Crippen molar-refractivity contribution in [2.45, 2.75) is 13.5 Å². The van der Waals surface area contributed by atoms with E-state index in [1.807, 2.05) is 29.2 Å². The molecule has 2 rings (SSSR count). The topological polar surface area (TPSA) is 58.8 Å². The number of hydrogen-bond acceptors (Lipinski definition) is 4. The van der Waals surface area contributed by atoms with Crippen LogP contribution >= 0.6 is 0 Å². The maximum absolute atomic E-state index is 11.2. The summed E-state index contributed by atoms with van der Waals surface area (Å²) in [6.07, 6.45) is 0. The van der Waals surface area contributed by atoms with Crippen molar-refractivity contribution in [3.63, 3.8) is 0 Å². The second kappa shape index (κ2) is 7.26. The van der Waals surface area contributed by atoms with Gasteiger partial charge in [0.25, 0.3) is 0 Å². The minimum Gasteiger partial charge on any atom is -0.492 e. The number of piperazine rings is 1. The fourth-order valence-electron chi connectivity index (χ4n) is 2.34. The lowest BCUT2D eigenvalue weighted by molar-refractivity contribution is -0.130. The summed E-state index contributed by atoms with van der Waals surface area (Å²) < 4.78 is 5.75. The molecule has 5 nitrogen and oxygen atoms in total. The Balaban J connectivity index is 1.70. The van der Waals surface area contributed by atoms with Crippen LogP contribution in [0.3, 0.4) is 0 Å². The Kier molecular flexibility index (Phi) is 5.38. The van der Waals surface area contributed by atoms with E-state index in [1.54, 1.807) is 6.92 Å². The molecule has 1 aromatic carbocycles. The molecule has 110 valence electrons. The van der Waals surface area contributed by atoms with Crippen LogP contribution in [0.1, 0.15) is 12.5 Å². The molecule has 0 aromatic heterocycles. The summed E-state index contributed by atoms with van der Waals surface area (Å²) >= 11 is 0. The molecule has 0 bridgehead atoms. The predicted octanol–water partition coefficient (Wildman–Crippen LogP) is 0.688. The third-order valence-corrected chi connectivity index (χ3v) is 3.63. The molecule has 1 heterocycles. The van der Waals surface area contributed by atoms with E-state index < -0.39 is 0 Å². The Hall–Kier alpha value is -1.59. The molecular formula is C15H23N3O2. The number of carbonyl (C=O) groups excluding carboxylic acids is 1. The quantitative estimate of drug-likeness (QED) is 0.860. The van der Waals surface area contributed by atoms with E-state index in [2.05, 4.69) is 4.90 Å². The molecule has 1 amide bonds. The number of ether oxygens (including phenoxy) is 1. The van der Waals surface area contributed by atoms with Crippen LogP contribution < -0.4 is 10.5 Å². The lowest BCUT2D eigenvalue weighted by atomic mass is 10.2. The Bertz CT molecular complexity index is 442. The molecule has 2 N–H and O–H groups in total. The number of nitrogens with two attached hydrogens (primary N) is 1. The van der Waals surface area contributed by atoms with Gasteiger partial charge in [0.1, 0.15) is 12.4 Å². The van der Waals surface area contributed by atoms with Crippen LogP contribution in [0.25, 0.3) is 0 Å². The summed E-state index contributed by atoms with van der Waals surface area (Å²) in [5.74, 6) is 1.04. The third-order valence-electron chi connectivity index (χ3n) is 3.63. The lowest BCUT2D eigenvalue weighted by Gasteiger charge is -2.34.